The molecule has 0 radical (unpaired) electrons. The van der Waals surface area contributed by atoms with Crippen LogP contribution in [0.1, 0.15) is 23.7 Å². The average Bonchev–Trinajstić information content (AvgIpc) is 3.37. The third kappa shape index (κ3) is 5.35. The lowest BCUT2D eigenvalue weighted by Gasteiger charge is -2.06. The molecule has 8 heteroatoms. The second-order valence-electron chi connectivity index (χ2n) is 6.88. The van der Waals surface area contributed by atoms with Crippen molar-refractivity contribution in [1.82, 2.24) is 9.55 Å². The quantitative estimate of drug-likeness (QED) is 0.244. The molecule has 2 aromatic carbocycles. The third-order valence-corrected chi connectivity index (χ3v) is 5.42. The lowest BCUT2D eigenvalue weighted by molar-refractivity contribution is -0.142. The van der Waals surface area contributed by atoms with Crippen molar-refractivity contribution in [3.63, 3.8) is 0 Å². The van der Waals surface area contributed by atoms with E-state index in [0.717, 1.165) is 22.0 Å². The first-order valence-corrected chi connectivity index (χ1v) is 10.7. The molecule has 0 saturated carbocycles. The van der Waals surface area contributed by atoms with E-state index >= 15 is 0 Å². The Morgan fingerprint density at radius 1 is 1.26 bits per heavy atom. The number of rotatable bonds is 8. The number of hydrogen-bond donors (Lipinski definition) is 1. The predicted octanol–water partition coefficient (Wildman–Crippen LogP) is 4.84. The number of esters is 1. The molecule has 0 fully saturated rings. The van der Waals surface area contributed by atoms with Crippen molar-refractivity contribution in [3.05, 3.63) is 82.7 Å². The molecule has 0 aliphatic carbocycles. The minimum absolute atomic E-state index is 0.150. The Labute approximate surface area is 183 Å². The smallest absolute Gasteiger partial charge is 0.311 e. The van der Waals surface area contributed by atoms with Gasteiger partial charge in [0.1, 0.15) is 5.82 Å². The molecule has 158 valence electrons. The summed E-state index contributed by atoms with van der Waals surface area (Å²) in [5, 5.41) is 7.80. The molecule has 0 spiro atoms. The highest BCUT2D eigenvalue weighted by atomic mass is 32.1. The van der Waals surface area contributed by atoms with Crippen molar-refractivity contribution >= 4 is 39.6 Å². The molecule has 4 aromatic rings. The zero-order valence-corrected chi connectivity index (χ0v) is 17.7. The molecular formula is C23H21FN4O2S. The fourth-order valence-electron chi connectivity index (χ4n) is 3.17. The molecule has 1 N–H and O–H groups in total. The maximum atomic E-state index is 13.1. The topological polar surface area (TPSA) is 68.5 Å². The summed E-state index contributed by atoms with van der Waals surface area (Å²) < 4.78 is 20.2. The number of nitrogens with zero attached hydrogens (tertiary/aromatic N) is 3. The number of carbonyl (C=O) groups excluding carboxylic acids is 1. The number of ether oxygens (including phenoxy) is 1. The summed E-state index contributed by atoms with van der Waals surface area (Å²) in [4.78, 5) is 15.9. The molecule has 0 atom stereocenters. The highest BCUT2D eigenvalue weighted by molar-refractivity contribution is 7.13. The van der Waals surface area contributed by atoms with Crippen LogP contribution in [0.15, 0.2) is 65.2 Å². The number of thiazole rings is 1. The number of hydrazone groups is 1. The van der Waals surface area contributed by atoms with Crippen LogP contribution in [0.5, 0.6) is 0 Å². The molecule has 0 aliphatic heterocycles. The monoisotopic (exact) mass is 436 g/mol. The van der Waals surface area contributed by atoms with E-state index in [9.17, 15) is 9.18 Å². The summed E-state index contributed by atoms with van der Waals surface area (Å²) in [5.74, 6) is -0.528. The molecule has 0 saturated heterocycles. The predicted molar refractivity (Wildman–Crippen MR) is 121 cm³/mol. The minimum atomic E-state index is -0.292. The summed E-state index contributed by atoms with van der Waals surface area (Å²) >= 11 is 1.38. The molecule has 0 bridgehead atoms. The van der Waals surface area contributed by atoms with Crippen LogP contribution in [0.4, 0.5) is 9.52 Å². The van der Waals surface area contributed by atoms with E-state index in [1.807, 2.05) is 23.7 Å². The minimum Gasteiger partial charge on any atom is -0.466 e. The van der Waals surface area contributed by atoms with Gasteiger partial charge in [-0.25, -0.2) is 9.37 Å². The van der Waals surface area contributed by atoms with Crippen LogP contribution >= 0.6 is 11.3 Å². The number of carbonyl (C=O) groups is 1. The normalized spacial score (nSPS) is 11.3. The van der Waals surface area contributed by atoms with E-state index in [4.69, 9.17) is 4.74 Å². The Morgan fingerprint density at radius 2 is 2.10 bits per heavy atom. The number of benzene rings is 2. The molecule has 2 heterocycles. The molecule has 2 aromatic heterocycles. The highest BCUT2D eigenvalue weighted by Crippen LogP contribution is 2.19. The summed E-state index contributed by atoms with van der Waals surface area (Å²) in [6, 6.07) is 14.7. The molecule has 4 rings (SSSR count). The second kappa shape index (κ2) is 9.53. The van der Waals surface area contributed by atoms with Crippen LogP contribution in [-0.2, 0) is 22.5 Å². The van der Waals surface area contributed by atoms with Crippen LogP contribution in [0.25, 0.3) is 10.9 Å². The molecule has 6 nitrogen and oxygen atoms in total. The number of nitrogens with one attached hydrogen (secondary N) is 1. The zero-order valence-electron chi connectivity index (χ0n) is 16.9. The zero-order chi connectivity index (χ0) is 21.6. The Hall–Kier alpha value is -3.52. The van der Waals surface area contributed by atoms with Gasteiger partial charge in [0, 0.05) is 23.6 Å². The molecule has 0 amide bonds. The van der Waals surface area contributed by atoms with Gasteiger partial charge in [-0.15, -0.1) is 11.3 Å². The third-order valence-electron chi connectivity index (χ3n) is 4.62. The van der Waals surface area contributed by atoms with Gasteiger partial charge < -0.3 is 9.30 Å². The van der Waals surface area contributed by atoms with Crippen molar-refractivity contribution in [2.24, 2.45) is 5.10 Å². The Morgan fingerprint density at radius 3 is 2.90 bits per heavy atom. The van der Waals surface area contributed by atoms with E-state index in [0.29, 0.717) is 24.0 Å². The molecule has 0 unspecified atom stereocenters. The largest absolute Gasteiger partial charge is 0.466 e. The van der Waals surface area contributed by atoms with Crippen LogP contribution in [0.2, 0.25) is 0 Å². The number of hydrogen-bond acceptors (Lipinski definition) is 6. The van der Waals surface area contributed by atoms with E-state index < -0.39 is 0 Å². The lowest BCUT2D eigenvalue weighted by atomic mass is 10.1. The van der Waals surface area contributed by atoms with Gasteiger partial charge in [-0.2, -0.15) is 5.10 Å². The van der Waals surface area contributed by atoms with E-state index in [1.54, 1.807) is 25.3 Å². The van der Waals surface area contributed by atoms with Crippen LogP contribution in [0, 0.1) is 5.82 Å². The maximum Gasteiger partial charge on any atom is 0.311 e. The summed E-state index contributed by atoms with van der Waals surface area (Å²) in [5.41, 5.74) is 6.59. The first-order chi connectivity index (χ1) is 15.1. The summed E-state index contributed by atoms with van der Waals surface area (Å²) in [6.45, 7) is 2.79. The van der Waals surface area contributed by atoms with Crippen LogP contribution in [-0.4, -0.2) is 28.3 Å². The Balaban J connectivity index is 1.43. The lowest BCUT2D eigenvalue weighted by Crippen LogP contribution is -2.07. The number of fused-ring (bicyclic) bond motifs is 1. The number of halogens is 1. The number of anilines is 1. The van der Waals surface area contributed by atoms with Crippen molar-refractivity contribution in [1.29, 1.82) is 0 Å². The standard InChI is InChI=1S/C23H21FN4O2S/c1-2-30-22(29)12-20-15-31-23(26-20)27-25-13-17-3-6-18-9-10-28(21(18)11-17)14-16-4-7-19(24)8-5-16/h3-11,13,15H,2,12,14H2,1H3,(H,26,27). The molecular weight excluding hydrogens is 415 g/mol. The van der Waals surface area contributed by atoms with Crippen molar-refractivity contribution in [2.45, 2.75) is 19.9 Å². The van der Waals surface area contributed by atoms with E-state index in [2.05, 4.69) is 32.2 Å². The first-order valence-electron chi connectivity index (χ1n) is 9.83. The number of aromatic nitrogens is 2. The van der Waals surface area contributed by atoms with Gasteiger partial charge >= 0.3 is 5.97 Å². The molecule has 31 heavy (non-hydrogen) atoms. The van der Waals surface area contributed by atoms with Gasteiger partial charge in [-0.3, -0.25) is 10.2 Å². The fraction of sp³-hybridized carbons (Fsp3) is 0.174. The highest BCUT2D eigenvalue weighted by Gasteiger charge is 2.08. The van der Waals surface area contributed by atoms with E-state index in [1.165, 1.54) is 23.5 Å². The Bertz CT molecular complexity index is 1210. The SMILES string of the molecule is CCOC(=O)Cc1csc(NN=Cc2ccc3ccn(Cc4ccc(F)cc4)c3c2)n1. The second-order valence-corrected chi connectivity index (χ2v) is 7.74. The fourth-order valence-corrected chi connectivity index (χ4v) is 3.83. The van der Waals surface area contributed by atoms with Gasteiger partial charge in [-0.1, -0.05) is 24.3 Å². The molecule has 0 aliphatic rings. The van der Waals surface area contributed by atoms with Crippen LogP contribution < -0.4 is 5.43 Å². The van der Waals surface area contributed by atoms with Crippen molar-refractivity contribution < 1.29 is 13.9 Å². The van der Waals surface area contributed by atoms with Gasteiger partial charge in [0.2, 0.25) is 5.13 Å². The van der Waals surface area contributed by atoms with Gasteiger partial charge in [0.05, 0.1) is 24.9 Å². The average molecular weight is 437 g/mol. The maximum absolute atomic E-state index is 13.1. The summed E-state index contributed by atoms with van der Waals surface area (Å²) in [7, 11) is 0. The van der Waals surface area contributed by atoms with Gasteiger partial charge in [0.15, 0.2) is 0 Å². The van der Waals surface area contributed by atoms with Crippen molar-refractivity contribution in [3.8, 4) is 0 Å². The first kappa shape index (κ1) is 20.7. The Kier molecular flexibility index (Phi) is 6.37. The summed E-state index contributed by atoms with van der Waals surface area (Å²) in [6.07, 6.45) is 3.90. The van der Waals surface area contributed by atoms with Crippen LogP contribution in [0.3, 0.4) is 0 Å². The van der Waals surface area contributed by atoms with Gasteiger partial charge in [-0.05, 0) is 47.7 Å². The van der Waals surface area contributed by atoms with Gasteiger partial charge in [0.25, 0.3) is 0 Å². The van der Waals surface area contributed by atoms with Crippen molar-refractivity contribution in [2.75, 3.05) is 12.0 Å². The van der Waals surface area contributed by atoms with E-state index in [-0.39, 0.29) is 18.2 Å².